The van der Waals surface area contributed by atoms with Crippen molar-refractivity contribution in [2.24, 2.45) is 0 Å². The van der Waals surface area contributed by atoms with Gasteiger partial charge < -0.3 is 10.1 Å². The summed E-state index contributed by atoms with van der Waals surface area (Å²) in [5.41, 5.74) is 2.56. The summed E-state index contributed by atoms with van der Waals surface area (Å²) in [6.07, 6.45) is 1.35. The van der Waals surface area contributed by atoms with Crippen LogP contribution in [0.1, 0.15) is 31.4 Å². The lowest BCUT2D eigenvalue weighted by molar-refractivity contribution is 0.221. The number of ether oxygens (including phenoxy) is 1. The molecule has 1 fully saturated rings. The maximum absolute atomic E-state index is 6.07. The average Bonchev–Trinajstić information content (AvgIpc) is 3.03. The first-order chi connectivity index (χ1) is 10.6. The van der Waals surface area contributed by atoms with Gasteiger partial charge in [0.2, 0.25) is 0 Å². The Morgan fingerprint density at radius 2 is 1.86 bits per heavy atom. The summed E-state index contributed by atoms with van der Waals surface area (Å²) in [7, 11) is 0. The van der Waals surface area contributed by atoms with Gasteiger partial charge in [-0.15, -0.1) is 0 Å². The molecule has 2 aromatic rings. The second-order valence-corrected chi connectivity index (χ2v) is 7.22. The molecule has 0 unspecified atom stereocenters. The lowest BCUT2D eigenvalue weighted by Gasteiger charge is -2.27. The van der Waals surface area contributed by atoms with Crippen molar-refractivity contribution in [2.75, 3.05) is 13.1 Å². The van der Waals surface area contributed by atoms with Crippen molar-refractivity contribution in [1.29, 1.82) is 0 Å². The first kappa shape index (κ1) is 15.6. The number of benzene rings is 2. The smallest absolute Gasteiger partial charge is 0.133 e. The van der Waals surface area contributed by atoms with Crippen LogP contribution in [-0.2, 0) is 5.41 Å². The summed E-state index contributed by atoms with van der Waals surface area (Å²) in [4.78, 5) is 0. The third kappa shape index (κ3) is 3.21. The number of hydrogen-bond acceptors (Lipinski definition) is 2. The quantitative estimate of drug-likeness (QED) is 0.866. The monoisotopic (exact) mass is 359 g/mol. The van der Waals surface area contributed by atoms with Crippen LogP contribution in [0.25, 0.3) is 0 Å². The van der Waals surface area contributed by atoms with Crippen LogP contribution in [0.5, 0.6) is 5.75 Å². The number of hydrogen-bond donors (Lipinski definition) is 1. The average molecular weight is 360 g/mol. The summed E-state index contributed by atoms with van der Waals surface area (Å²) >= 11 is 3.67. The predicted octanol–water partition coefficient (Wildman–Crippen LogP) is 4.52. The van der Waals surface area contributed by atoms with Crippen LogP contribution in [0.3, 0.4) is 0 Å². The largest absolute Gasteiger partial charge is 0.488 e. The zero-order valence-electron chi connectivity index (χ0n) is 13.1. The van der Waals surface area contributed by atoms with Crippen molar-refractivity contribution >= 4 is 15.9 Å². The van der Waals surface area contributed by atoms with E-state index in [1.807, 2.05) is 0 Å². The van der Waals surface area contributed by atoms with Gasteiger partial charge in [-0.25, -0.2) is 0 Å². The summed E-state index contributed by atoms with van der Waals surface area (Å²) in [5.74, 6) is 0.932. The molecule has 3 rings (SSSR count). The van der Waals surface area contributed by atoms with Crippen molar-refractivity contribution in [3.63, 3.8) is 0 Å². The van der Waals surface area contributed by atoms with Gasteiger partial charge in [-0.1, -0.05) is 50.2 Å². The Kier molecular flexibility index (Phi) is 4.55. The first-order valence-corrected chi connectivity index (χ1v) is 8.59. The van der Waals surface area contributed by atoms with Crippen LogP contribution in [0.2, 0.25) is 0 Å². The van der Waals surface area contributed by atoms with Crippen LogP contribution in [0, 0.1) is 0 Å². The molecule has 1 heterocycles. The highest BCUT2D eigenvalue weighted by atomic mass is 79.9. The molecule has 2 aromatic carbocycles. The van der Waals surface area contributed by atoms with Gasteiger partial charge in [0.1, 0.15) is 11.9 Å². The molecular weight excluding hydrogens is 338 g/mol. The molecular formula is C19H22BrNO. The Morgan fingerprint density at radius 1 is 1.09 bits per heavy atom. The van der Waals surface area contributed by atoms with E-state index < -0.39 is 0 Å². The molecule has 0 spiro atoms. The molecule has 0 radical (unpaired) electrons. The van der Waals surface area contributed by atoms with Crippen LogP contribution in [0.4, 0.5) is 0 Å². The fraction of sp³-hybridized carbons (Fsp3) is 0.368. The predicted molar refractivity (Wildman–Crippen MR) is 94.6 cm³/mol. The van der Waals surface area contributed by atoms with E-state index in [0.717, 1.165) is 29.7 Å². The normalized spacial score (nSPS) is 18.4. The van der Waals surface area contributed by atoms with Crippen molar-refractivity contribution in [1.82, 2.24) is 5.32 Å². The van der Waals surface area contributed by atoms with Crippen molar-refractivity contribution in [3.8, 4) is 5.75 Å². The van der Waals surface area contributed by atoms with Gasteiger partial charge in [0.05, 0.1) is 4.47 Å². The van der Waals surface area contributed by atoms with Crippen molar-refractivity contribution in [2.45, 2.75) is 31.8 Å². The Bertz CT molecular complexity index is 633. The second kappa shape index (κ2) is 6.43. The zero-order valence-corrected chi connectivity index (χ0v) is 14.7. The van der Waals surface area contributed by atoms with E-state index in [0.29, 0.717) is 0 Å². The summed E-state index contributed by atoms with van der Waals surface area (Å²) in [5, 5.41) is 3.33. The Hall–Kier alpha value is -1.32. The molecule has 1 atom stereocenters. The molecule has 0 bridgehead atoms. The zero-order chi connectivity index (χ0) is 15.6. The first-order valence-electron chi connectivity index (χ1n) is 7.80. The van der Waals surface area contributed by atoms with Gasteiger partial charge in [-0.3, -0.25) is 0 Å². The molecule has 1 saturated heterocycles. The van der Waals surface area contributed by atoms with Gasteiger partial charge >= 0.3 is 0 Å². The van der Waals surface area contributed by atoms with Crippen LogP contribution >= 0.6 is 15.9 Å². The van der Waals surface area contributed by atoms with Crippen LogP contribution in [-0.4, -0.2) is 19.2 Å². The number of halogens is 1. The Morgan fingerprint density at radius 3 is 2.50 bits per heavy atom. The highest BCUT2D eigenvalue weighted by Gasteiger charge is 2.24. The Balaban J connectivity index is 1.84. The third-order valence-electron chi connectivity index (χ3n) is 4.46. The minimum atomic E-state index is -0.0305. The lowest BCUT2D eigenvalue weighted by atomic mass is 9.78. The summed E-state index contributed by atoms with van der Waals surface area (Å²) < 4.78 is 7.10. The van der Waals surface area contributed by atoms with E-state index in [1.54, 1.807) is 0 Å². The summed E-state index contributed by atoms with van der Waals surface area (Å²) in [6.45, 7) is 6.49. The molecule has 2 nitrogen and oxygen atoms in total. The van der Waals surface area contributed by atoms with Gasteiger partial charge in [0, 0.05) is 12.0 Å². The van der Waals surface area contributed by atoms with Crippen LogP contribution < -0.4 is 10.1 Å². The van der Waals surface area contributed by atoms with Gasteiger partial charge in [0.25, 0.3) is 0 Å². The van der Waals surface area contributed by atoms with E-state index in [4.69, 9.17) is 4.74 Å². The fourth-order valence-electron chi connectivity index (χ4n) is 2.91. The van der Waals surface area contributed by atoms with Crippen molar-refractivity contribution < 1.29 is 4.74 Å². The maximum Gasteiger partial charge on any atom is 0.133 e. The molecule has 116 valence electrons. The molecule has 0 amide bonds. The van der Waals surface area contributed by atoms with E-state index in [-0.39, 0.29) is 11.5 Å². The maximum atomic E-state index is 6.07. The van der Waals surface area contributed by atoms with E-state index >= 15 is 0 Å². The number of rotatable bonds is 4. The van der Waals surface area contributed by atoms with Gasteiger partial charge in [-0.2, -0.15) is 0 Å². The fourth-order valence-corrected chi connectivity index (χ4v) is 3.39. The molecule has 1 N–H and O–H groups in total. The third-order valence-corrected chi connectivity index (χ3v) is 5.08. The topological polar surface area (TPSA) is 21.3 Å². The van der Waals surface area contributed by atoms with E-state index in [1.165, 1.54) is 11.1 Å². The van der Waals surface area contributed by atoms with E-state index in [9.17, 15) is 0 Å². The molecule has 3 heteroatoms. The van der Waals surface area contributed by atoms with Crippen molar-refractivity contribution in [3.05, 3.63) is 64.1 Å². The minimum Gasteiger partial charge on any atom is -0.488 e. The molecule has 0 aromatic heterocycles. The number of nitrogens with one attached hydrogen (secondary N) is 1. The second-order valence-electron chi connectivity index (χ2n) is 6.37. The highest BCUT2D eigenvalue weighted by Crippen LogP contribution is 2.36. The lowest BCUT2D eigenvalue weighted by Crippen LogP contribution is -2.21. The standard InChI is InChI=1S/C19H22BrNO/c1-19(2,14-6-4-3-5-7-14)15-8-9-18(17(20)12-15)22-16-10-11-21-13-16/h3-9,12,16,21H,10-11,13H2,1-2H3/t16-/m1/s1. The van der Waals surface area contributed by atoms with E-state index in [2.05, 4.69) is 83.6 Å². The summed E-state index contributed by atoms with van der Waals surface area (Å²) in [6, 6.07) is 17.1. The highest BCUT2D eigenvalue weighted by molar-refractivity contribution is 9.10. The van der Waals surface area contributed by atoms with Gasteiger partial charge in [-0.05, 0) is 52.2 Å². The minimum absolute atomic E-state index is 0.0305. The molecule has 0 aliphatic carbocycles. The SMILES string of the molecule is CC(C)(c1ccccc1)c1ccc(O[C@@H]2CCNC2)c(Br)c1. The molecule has 0 saturated carbocycles. The van der Waals surface area contributed by atoms with Gasteiger partial charge in [0.15, 0.2) is 0 Å². The van der Waals surface area contributed by atoms with Crippen LogP contribution in [0.15, 0.2) is 53.0 Å². The molecule has 22 heavy (non-hydrogen) atoms. The molecule has 1 aliphatic rings. The molecule has 1 aliphatic heterocycles. The Labute approximate surface area is 141 Å².